The van der Waals surface area contributed by atoms with Crippen molar-refractivity contribution in [2.45, 2.75) is 26.1 Å². The van der Waals surface area contributed by atoms with Gasteiger partial charge in [0.1, 0.15) is 0 Å². The average Bonchev–Trinajstić information content (AvgIpc) is 1.82. The van der Waals surface area contributed by atoms with Crippen LogP contribution in [0.2, 0.25) is 19.1 Å². The number of esters is 1. The van der Waals surface area contributed by atoms with Gasteiger partial charge >= 0.3 is 5.97 Å². The van der Waals surface area contributed by atoms with Gasteiger partial charge in [0.15, 0.2) is 0 Å². The third kappa shape index (κ3) is 4.95. The lowest BCUT2D eigenvalue weighted by molar-refractivity contribution is -0.144. The molecule has 0 aromatic carbocycles. The molecule has 11 heavy (non-hydrogen) atoms. The van der Waals surface area contributed by atoms with Crippen molar-refractivity contribution in [3.63, 3.8) is 0 Å². The summed E-state index contributed by atoms with van der Waals surface area (Å²) in [6.45, 7) is 4.87. The summed E-state index contributed by atoms with van der Waals surface area (Å²) in [5.41, 5.74) is 0. The van der Waals surface area contributed by atoms with Crippen molar-refractivity contribution in [1.82, 2.24) is 0 Å². The third-order valence-corrected chi connectivity index (χ3v) is 2.98. The highest BCUT2D eigenvalue weighted by Gasteiger charge is 2.27. The molecule has 0 saturated heterocycles. The van der Waals surface area contributed by atoms with E-state index in [1.807, 2.05) is 0 Å². The third-order valence-electron chi connectivity index (χ3n) is 1.40. The molecule has 1 atom stereocenters. The van der Waals surface area contributed by atoms with Crippen molar-refractivity contribution in [3.05, 3.63) is 0 Å². The molecule has 0 aromatic heterocycles. The lowest BCUT2D eigenvalue weighted by Gasteiger charge is -2.14. The highest BCUT2D eigenvalue weighted by molar-refractivity contribution is 6.70. The molecule has 0 amide bonds. The lowest BCUT2D eigenvalue weighted by Crippen LogP contribution is -2.26. The largest absolute Gasteiger partial charge is 0.469 e. The molecule has 0 radical (unpaired) electrons. The zero-order chi connectivity index (χ0) is 9.07. The van der Waals surface area contributed by atoms with E-state index < -0.39 is 8.41 Å². The summed E-state index contributed by atoms with van der Waals surface area (Å²) in [4.78, 5) is 10.8. The predicted molar refractivity (Wildman–Crippen MR) is 44.6 cm³/mol. The van der Waals surface area contributed by atoms with Crippen LogP contribution >= 0.6 is 0 Å². The molecule has 0 saturated carbocycles. The molecule has 0 bridgehead atoms. The zero-order valence-corrected chi connectivity index (χ0v) is 8.48. The predicted octanol–water partition coefficient (Wildman–Crippen LogP) is 1.97. The van der Waals surface area contributed by atoms with Crippen molar-refractivity contribution in [3.8, 4) is 0 Å². The summed E-state index contributed by atoms with van der Waals surface area (Å²) < 4.78 is 17.5. The van der Waals surface area contributed by atoms with Crippen LogP contribution in [0.15, 0.2) is 0 Å². The Morgan fingerprint density at radius 1 is 1.64 bits per heavy atom. The van der Waals surface area contributed by atoms with Crippen LogP contribution in [0.5, 0.6) is 0 Å². The number of carbonyl (C=O) groups excluding carboxylic acids is 1. The molecule has 0 N–H and O–H groups in total. The van der Waals surface area contributed by atoms with Crippen molar-refractivity contribution in [2.75, 3.05) is 7.11 Å². The fourth-order valence-corrected chi connectivity index (χ4v) is 2.64. The monoisotopic (exact) mass is 178 g/mol. The van der Waals surface area contributed by atoms with Gasteiger partial charge in [-0.05, 0) is 19.1 Å². The fourth-order valence-electron chi connectivity index (χ4n) is 1.01. The highest BCUT2D eigenvalue weighted by Crippen LogP contribution is 2.18. The van der Waals surface area contributed by atoms with Crippen molar-refractivity contribution in [2.24, 2.45) is 5.92 Å². The summed E-state index contributed by atoms with van der Waals surface area (Å²) in [5, 5.41) is 0. The summed E-state index contributed by atoms with van der Waals surface area (Å²) in [7, 11) is -1.28. The van der Waals surface area contributed by atoms with Crippen LogP contribution in [0.1, 0.15) is 6.92 Å². The number of carbonyl (C=O) groups is 1. The molecule has 0 heterocycles. The van der Waals surface area contributed by atoms with E-state index in [0.717, 1.165) is 0 Å². The first-order valence-corrected chi connectivity index (χ1v) is 6.72. The van der Waals surface area contributed by atoms with E-state index in [1.54, 1.807) is 20.0 Å². The maximum absolute atomic E-state index is 13.1. The number of ether oxygens (including phenoxy) is 1. The molecule has 2 nitrogen and oxygen atoms in total. The number of methoxy groups -OCH3 is 1. The van der Waals surface area contributed by atoms with E-state index in [9.17, 15) is 8.90 Å². The van der Waals surface area contributed by atoms with Crippen LogP contribution in [-0.4, -0.2) is 21.5 Å². The van der Waals surface area contributed by atoms with Gasteiger partial charge in [-0.15, -0.1) is 0 Å². The standard InChI is InChI=1S/C7H15FO2Si/c1-6(7(9)10-2)5-11(3,4)8/h6H,5H2,1-4H3. The van der Waals surface area contributed by atoms with Gasteiger partial charge in [-0.25, -0.2) is 0 Å². The Hall–Kier alpha value is -0.383. The zero-order valence-electron chi connectivity index (χ0n) is 7.48. The molecule has 1 unspecified atom stereocenters. The molecule has 0 aliphatic rings. The molecule has 0 spiro atoms. The second-order valence-corrected chi connectivity index (χ2v) is 7.19. The minimum Gasteiger partial charge on any atom is -0.469 e. The van der Waals surface area contributed by atoms with Crippen molar-refractivity contribution >= 4 is 14.4 Å². The Morgan fingerprint density at radius 2 is 2.09 bits per heavy atom. The molecule has 0 rings (SSSR count). The Balaban J connectivity index is 3.87. The van der Waals surface area contributed by atoms with Crippen LogP contribution in [-0.2, 0) is 9.53 Å². The second kappa shape index (κ2) is 3.85. The van der Waals surface area contributed by atoms with Crippen molar-refractivity contribution in [1.29, 1.82) is 0 Å². The van der Waals surface area contributed by atoms with Crippen LogP contribution in [0.3, 0.4) is 0 Å². The van der Waals surface area contributed by atoms with Gasteiger partial charge in [0.05, 0.1) is 13.0 Å². The van der Waals surface area contributed by atoms with E-state index in [4.69, 9.17) is 0 Å². The van der Waals surface area contributed by atoms with E-state index in [2.05, 4.69) is 4.74 Å². The summed E-state index contributed by atoms with van der Waals surface area (Å²) in [6.07, 6.45) is 0. The number of hydrogen-bond acceptors (Lipinski definition) is 2. The van der Waals surface area contributed by atoms with E-state index in [-0.39, 0.29) is 11.9 Å². The number of halogens is 1. The van der Waals surface area contributed by atoms with Gasteiger partial charge in [-0.1, -0.05) is 6.92 Å². The van der Waals surface area contributed by atoms with Crippen LogP contribution in [0.25, 0.3) is 0 Å². The summed E-state index contributed by atoms with van der Waals surface area (Å²) in [6, 6.07) is 0.347. The Bertz CT molecular complexity index is 142. The minimum atomic E-state index is -2.60. The molecule has 0 aromatic rings. The molecule has 0 fully saturated rings. The molecular weight excluding hydrogens is 163 g/mol. The van der Waals surface area contributed by atoms with Crippen LogP contribution in [0, 0.1) is 5.92 Å². The smallest absolute Gasteiger partial charge is 0.308 e. The summed E-state index contributed by atoms with van der Waals surface area (Å²) in [5.74, 6) is -0.616. The van der Waals surface area contributed by atoms with E-state index in [1.165, 1.54) is 7.11 Å². The molecule has 4 heteroatoms. The van der Waals surface area contributed by atoms with E-state index in [0.29, 0.717) is 6.04 Å². The lowest BCUT2D eigenvalue weighted by atomic mass is 10.2. The maximum Gasteiger partial charge on any atom is 0.308 e. The van der Waals surface area contributed by atoms with Gasteiger partial charge in [0, 0.05) is 0 Å². The first kappa shape index (κ1) is 10.6. The normalized spacial score (nSPS) is 14.3. The Morgan fingerprint density at radius 3 is 2.36 bits per heavy atom. The van der Waals surface area contributed by atoms with Crippen molar-refractivity contribution < 1.29 is 13.6 Å². The molecular formula is C7H15FO2Si. The fraction of sp³-hybridized carbons (Fsp3) is 0.857. The van der Waals surface area contributed by atoms with Crippen LogP contribution in [0.4, 0.5) is 4.11 Å². The topological polar surface area (TPSA) is 26.3 Å². The van der Waals surface area contributed by atoms with E-state index >= 15 is 0 Å². The van der Waals surface area contributed by atoms with Gasteiger partial charge in [0.25, 0.3) is 0 Å². The van der Waals surface area contributed by atoms with Gasteiger partial charge in [-0.2, -0.15) is 0 Å². The number of rotatable bonds is 3. The van der Waals surface area contributed by atoms with Crippen LogP contribution < -0.4 is 0 Å². The first-order valence-electron chi connectivity index (χ1n) is 3.63. The molecule has 0 aliphatic heterocycles. The Kier molecular flexibility index (Phi) is 3.72. The molecule has 0 aliphatic carbocycles. The Labute approximate surface area is 67.9 Å². The minimum absolute atomic E-state index is 0.299. The maximum atomic E-state index is 13.1. The summed E-state index contributed by atoms with van der Waals surface area (Å²) >= 11 is 0. The number of hydrogen-bond donors (Lipinski definition) is 0. The van der Waals surface area contributed by atoms with Gasteiger partial charge < -0.3 is 8.84 Å². The van der Waals surface area contributed by atoms with Gasteiger partial charge in [0.2, 0.25) is 8.41 Å². The average molecular weight is 178 g/mol. The SMILES string of the molecule is COC(=O)C(C)C[Si](C)(C)F. The van der Waals surface area contributed by atoms with Gasteiger partial charge in [-0.3, -0.25) is 4.79 Å². The first-order chi connectivity index (χ1) is 4.87. The molecule has 66 valence electrons. The second-order valence-electron chi connectivity index (χ2n) is 3.35. The highest BCUT2D eigenvalue weighted by atomic mass is 28.4. The quantitative estimate of drug-likeness (QED) is 0.375.